The Bertz CT molecular complexity index is 584. The number of carbonyl (C=O) groups is 1. The molecule has 0 aliphatic rings. The highest BCUT2D eigenvalue weighted by molar-refractivity contribution is 5.94. The van der Waals surface area contributed by atoms with Crippen molar-refractivity contribution in [3.8, 4) is 11.5 Å². The first-order valence-electron chi connectivity index (χ1n) is 6.59. The van der Waals surface area contributed by atoms with E-state index in [9.17, 15) is 4.79 Å². The molecule has 0 spiro atoms. The quantitative estimate of drug-likeness (QED) is 0.748. The first-order chi connectivity index (χ1) is 10.2. The van der Waals surface area contributed by atoms with Crippen LogP contribution in [0.3, 0.4) is 0 Å². The lowest BCUT2D eigenvalue weighted by molar-refractivity contribution is 0.0952. The summed E-state index contributed by atoms with van der Waals surface area (Å²) in [5.74, 6) is 1.80. The molecule has 0 bridgehead atoms. The Morgan fingerprint density at radius 3 is 2.76 bits per heavy atom. The maximum atomic E-state index is 12.0. The summed E-state index contributed by atoms with van der Waals surface area (Å²) in [5.41, 5.74) is 0.535. The second-order valence-corrected chi connectivity index (χ2v) is 4.36. The van der Waals surface area contributed by atoms with Crippen molar-refractivity contribution in [3.63, 3.8) is 0 Å². The number of carbonyl (C=O) groups excluding carboxylic acids is 1. The molecule has 2 aromatic rings. The summed E-state index contributed by atoms with van der Waals surface area (Å²) in [5, 5.41) is 9.40. The van der Waals surface area contributed by atoms with E-state index in [1.807, 2.05) is 0 Å². The molecule has 0 atom stereocenters. The van der Waals surface area contributed by atoms with E-state index in [1.165, 1.54) is 13.4 Å². The van der Waals surface area contributed by atoms with Crippen molar-refractivity contribution in [1.82, 2.24) is 20.5 Å². The average Bonchev–Trinajstić information content (AvgIpc) is 3.04. The number of ether oxygens (including phenoxy) is 2. The number of aromatic amines is 1. The van der Waals surface area contributed by atoms with Crippen LogP contribution in [-0.2, 0) is 6.42 Å². The molecule has 1 aromatic heterocycles. The van der Waals surface area contributed by atoms with Crippen molar-refractivity contribution in [2.24, 2.45) is 0 Å². The molecule has 0 aliphatic carbocycles. The molecule has 7 nitrogen and oxygen atoms in total. The Kier molecular flexibility index (Phi) is 5.14. The highest BCUT2D eigenvalue weighted by Crippen LogP contribution is 2.27. The molecule has 2 rings (SSSR count). The fourth-order valence-corrected chi connectivity index (χ4v) is 1.89. The van der Waals surface area contributed by atoms with Gasteiger partial charge in [0.2, 0.25) is 0 Å². The number of methoxy groups -OCH3 is 2. The molecule has 1 heterocycles. The van der Waals surface area contributed by atoms with E-state index in [0.717, 1.165) is 18.7 Å². The van der Waals surface area contributed by atoms with E-state index in [-0.39, 0.29) is 5.91 Å². The van der Waals surface area contributed by atoms with Crippen LogP contribution >= 0.6 is 0 Å². The van der Waals surface area contributed by atoms with Crippen molar-refractivity contribution in [1.29, 1.82) is 0 Å². The number of H-pyrrole nitrogens is 1. The van der Waals surface area contributed by atoms with Crippen LogP contribution in [0, 0.1) is 0 Å². The van der Waals surface area contributed by atoms with Crippen LogP contribution in [0.25, 0.3) is 0 Å². The maximum absolute atomic E-state index is 12.0. The van der Waals surface area contributed by atoms with E-state index < -0.39 is 0 Å². The lowest BCUT2D eigenvalue weighted by Gasteiger charge is -2.09. The topological polar surface area (TPSA) is 89.1 Å². The van der Waals surface area contributed by atoms with Gasteiger partial charge in [-0.3, -0.25) is 9.89 Å². The van der Waals surface area contributed by atoms with Gasteiger partial charge < -0.3 is 14.8 Å². The van der Waals surface area contributed by atoms with Crippen LogP contribution in [0.4, 0.5) is 0 Å². The van der Waals surface area contributed by atoms with Crippen molar-refractivity contribution >= 4 is 5.91 Å². The summed E-state index contributed by atoms with van der Waals surface area (Å²) in [6.45, 7) is 0.563. The second kappa shape index (κ2) is 7.28. The number of amides is 1. The standard InChI is InChI=1S/C14H18N4O3/c1-20-11-6-5-10(8-12(11)21-2)14(19)15-7-3-4-13-16-9-17-18-13/h5-6,8-9H,3-4,7H2,1-2H3,(H,15,19)(H,16,17,18). The number of nitrogens with zero attached hydrogens (tertiary/aromatic N) is 2. The summed E-state index contributed by atoms with van der Waals surface area (Å²) in [7, 11) is 3.10. The summed E-state index contributed by atoms with van der Waals surface area (Å²) < 4.78 is 10.3. The lowest BCUT2D eigenvalue weighted by Crippen LogP contribution is -2.24. The highest BCUT2D eigenvalue weighted by Gasteiger charge is 2.10. The van der Waals surface area contributed by atoms with Gasteiger partial charge in [-0.2, -0.15) is 5.10 Å². The van der Waals surface area contributed by atoms with Gasteiger partial charge in [0, 0.05) is 18.5 Å². The summed E-state index contributed by atoms with van der Waals surface area (Å²) in [6, 6.07) is 5.07. The highest BCUT2D eigenvalue weighted by atomic mass is 16.5. The molecule has 1 amide bonds. The third-order valence-electron chi connectivity index (χ3n) is 2.99. The zero-order chi connectivity index (χ0) is 15.1. The van der Waals surface area contributed by atoms with E-state index in [2.05, 4.69) is 20.5 Å². The molecule has 1 aromatic carbocycles. The molecule has 0 aliphatic heterocycles. The number of aryl methyl sites for hydroxylation is 1. The third-order valence-corrected chi connectivity index (χ3v) is 2.99. The van der Waals surface area contributed by atoms with E-state index >= 15 is 0 Å². The molecule has 0 saturated heterocycles. The molecule has 21 heavy (non-hydrogen) atoms. The van der Waals surface area contributed by atoms with E-state index in [4.69, 9.17) is 9.47 Å². The minimum Gasteiger partial charge on any atom is -0.493 e. The minimum absolute atomic E-state index is 0.145. The molecular formula is C14H18N4O3. The van der Waals surface area contributed by atoms with Crippen LogP contribution < -0.4 is 14.8 Å². The number of hydrogen-bond donors (Lipinski definition) is 2. The van der Waals surface area contributed by atoms with Gasteiger partial charge in [0.25, 0.3) is 5.91 Å². The molecule has 2 N–H and O–H groups in total. The molecule has 0 unspecified atom stereocenters. The van der Waals surface area contributed by atoms with Crippen LogP contribution in [0.5, 0.6) is 11.5 Å². The Labute approximate surface area is 122 Å². The Morgan fingerprint density at radius 1 is 1.29 bits per heavy atom. The monoisotopic (exact) mass is 290 g/mol. The van der Waals surface area contributed by atoms with Crippen LogP contribution in [0.2, 0.25) is 0 Å². The van der Waals surface area contributed by atoms with Gasteiger partial charge in [-0.05, 0) is 24.6 Å². The van der Waals surface area contributed by atoms with E-state index in [1.54, 1.807) is 25.3 Å². The normalized spacial score (nSPS) is 10.2. The van der Waals surface area contributed by atoms with Crippen molar-refractivity contribution in [2.45, 2.75) is 12.8 Å². The number of rotatable bonds is 7. The van der Waals surface area contributed by atoms with Crippen LogP contribution in [0.1, 0.15) is 22.6 Å². The molecule has 0 saturated carbocycles. The SMILES string of the molecule is COc1ccc(C(=O)NCCCc2ncn[nH]2)cc1OC. The second-order valence-electron chi connectivity index (χ2n) is 4.36. The smallest absolute Gasteiger partial charge is 0.251 e. The predicted octanol–water partition coefficient (Wildman–Crippen LogP) is 1.18. The molecule has 0 fully saturated rings. The molecular weight excluding hydrogens is 272 g/mol. The van der Waals surface area contributed by atoms with Crippen molar-refractivity contribution in [3.05, 3.63) is 35.9 Å². The Morgan fingerprint density at radius 2 is 2.10 bits per heavy atom. The van der Waals surface area contributed by atoms with Gasteiger partial charge >= 0.3 is 0 Å². The van der Waals surface area contributed by atoms with Gasteiger partial charge in [0.05, 0.1) is 14.2 Å². The van der Waals surface area contributed by atoms with Gasteiger partial charge in [-0.15, -0.1) is 0 Å². The van der Waals surface area contributed by atoms with Gasteiger partial charge in [-0.25, -0.2) is 4.98 Å². The largest absolute Gasteiger partial charge is 0.493 e. The van der Waals surface area contributed by atoms with Gasteiger partial charge in [-0.1, -0.05) is 0 Å². The van der Waals surface area contributed by atoms with Crippen LogP contribution in [0.15, 0.2) is 24.5 Å². The zero-order valence-corrected chi connectivity index (χ0v) is 12.0. The lowest BCUT2D eigenvalue weighted by atomic mass is 10.2. The Balaban J connectivity index is 1.85. The number of nitrogens with one attached hydrogen (secondary N) is 2. The van der Waals surface area contributed by atoms with Crippen LogP contribution in [-0.4, -0.2) is 41.9 Å². The summed E-state index contributed by atoms with van der Waals surface area (Å²) in [4.78, 5) is 16.1. The first kappa shape index (κ1) is 14.8. The number of aromatic nitrogens is 3. The number of hydrogen-bond acceptors (Lipinski definition) is 5. The molecule has 7 heteroatoms. The average molecular weight is 290 g/mol. The maximum Gasteiger partial charge on any atom is 0.251 e. The fraction of sp³-hybridized carbons (Fsp3) is 0.357. The van der Waals surface area contributed by atoms with Gasteiger partial charge in [0.1, 0.15) is 12.2 Å². The van der Waals surface area contributed by atoms with Crippen molar-refractivity contribution in [2.75, 3.05) is 20.8 Å². The van der Waals surface area contributed by atoms with Crippen molar-refractivity contribution < 1.29 is 14.3 Å². The van der Waals surface area contributed by atoms with Gasteiger partial charge in [0.15, 0.2) is 11.5 Å². The Hall–Kier alpha value is -2.57. The summed E-state index contributed by atoms with van der Waals surface area (Å²) in [6.07, 6.45) is 3.00. The zero-order valence-electron chi connectivity index (χ0n) is 12.0. The molecule has 112 valence electrons. The summed E-state index contributed by atoms with van der Waals surface area (Å²) >= 11 is 0. The predicted molar refractivity (Wildman–Crippen MR) is 76.6 cm³/mol. The first-order valence-corrected chi connectivity index (χ1v) is 6.59. The number of benzene rings is 1. The van der Waals surface area contributed by atoms with E-state index in [0.29, 0.717) is 23.6 Å². The fourth-order valence-electron chi connectivity index (χ4n) is 1.89. The minimum atomic E-state index is -0.145. The third kappa shape index (κ3) is 3.95. The molecule has 0 radical (unpaired) electrons.